The van der Waals surface area contributed by atoms with E-state index in [2.05, 4.69) is 25.0 Å². The molecule has 0 radical (unpaired) electrons. The lowest BCUT2D eigenvalue weighted by atomic mass is 10.2. The molecule has 0 spiro atoms. The van der Waals surface area contributed by atoms with Crippen molar-refractivity contribution in [3.8, 4) is 0 Å². The molecule has 0 unspecified atom stereocenters. The van der Waals surface area contributed by atoms with Gasteiger partial charge in [-0.2, -0.15) is 0 Å². The third-order valence-electron chi connectivity index (χ3n) is 3.32. The quantitative estimate of drug-likeness (QED) is 0.486. The molecule has 0 saturated carbocycles. The van der Waals surface area contributed by atoms with E-state index in [1.807, 2.05) is 0 Å². The Kier molecular flexibility index (Phi) is 6.99. The van der Waals surface area contributed by atoms with Gasteiger partial charge in [0.25, 0.3) is 5.56 Å². The molecule has 26 heavy (non-hydrogen) atoms. The number of esters is 1. The topological polar surface area (TPSA) is 122 Å². The molecule has 1 aromatic carbocycles. The van der Waals surface area contributed by atoms with Crippen LogP contribution in [-0.2, 0) is 16.1 Å². The lowest BCUT2D eigenvalue weighted by Crippen LogP contribution is -2.19. The van der Waals surface area contributed by atoms with Crippen molar-refractivity contribution in [2.75, 3.05) is 24.7 Å². The number of methoxy groups -OCH3 is 1. The van der Waals surface area contributed by atoms with Gasteiger partial charge in [-0.25, -0.2) is 4.98 Å². The van der Waals surface area contributed by atoms with Crippen LogP contribution in [0.4, 0.5) is 11.6 Å². The second kappa shape index (κ2) is 9.21. The molecular formula is C16H17Cl2N5O3. The first-order valence-electron chi connectivity index (χ1n) is 7.55. The smallest absolute Gasteiger partial charge is 0.307 e. The first kappa shape index (κ1) is 19.7. The highest BCUT2D eigenvalue weighted by atomic mass is 35.5. The average molecular weight is 398 g/mol. The monoisotopic (exact) mass is 397 g/mol. The predicted molar refractivity (Wildman–Crippen MR) is 102 cm³/mol. The summed E-state index contributed by atoms with van der Waals surface area (Å²) in [5.74, 6) is -0.150. The molecule has 138 valence electrons. The minimum atomic E-state index is -0.494. The van der Waals surface area contributed by atoms with E-state index >= 15 is 0 Å². The van der Waals surface area contributed by atoms with Crippen LogP contribution in [0.5, 0.6) is 0 Å². The summed E-state index contributed by atoms with van der Waals surface area (Å²) < 4.78 is 4.52. The number of ether oxygens (including phenoxy) is 1. The van der Waals surface area contributed by atoms with Crippen LogP contribution in [0.25, 0.3) is 0 Å². The van der Waals surface area contributed by atoms with Crippen LogP contribution < -0.4 is 16.6 Å². The molecule has 0 bridgehead atoms. The Morgan fingerprint density at radius 2 is 2.19 bits per heavy atom. The molecule has 10 heteroatoms. The summed E-state index contributed by atoms with van der Waals surface area (Å²) in [6, 6.07) is 5.19. The number of benzene rings is 1. The van der Waals surface area contributed by atoms with Gasteiger partial charge < -0.3 is 15.8 Å². The van der Waals surface area contributed by atoms with Crippen LogP contribution >= 0.6 is 23.2 Å². The van der Waals surface area contributed by atoms with Gasteiger partial charge in [0, 0.05) is 19.3 Å². The zero-order chi connectivity index (χ0) is 19.1. The Hall–Kier alpha value is -2.58. The van der Waals surface area contributed by atoms with Crippen LogP contribution in [-0.4, -0.2) is 35.8 Å². The van der Waals surface area contributed by atoms with Crippen molar-refractivity contribution in [3.05, 3.63) is 49.9 Å². The van der Waals surface area contributed by atoms with Crippen LogP contribution in [0, 0.1) is 0 Å². The van der Waals surface area contributed by atoms with E-state index in [1.54, 1.807) is 18.2 Å². The number of carbonyl (C=O) groups is 1. The first-order chi connectivity index (χ1) is 12.4. The zero-order valence-electron chi connectivity index (χ0n) is 13.9. The van der Waals surface area contributed by atoms with Crippen LogP contribution in [0.1, 0.15) is 17.7 Å². The van der Waals surface area contributed by atoms with E-state index in [9.17, 15) is 9.59 Å². The Morgan fingerprint density at radius 3 is 2.88 bits per heavy atom. The molecule has 4 N–H and O–H groups in total. The maximum Gasteiger partial charge on any atom is 0.307 e. The van der Waals surface area contributed by atoms with Gasteiger partial charge in [0.1, 0.15) is 11.4 Å². The van der Waals surface area contributed by atoms with Crippen LogP contribution in [0.3, 0.4) is 0 Å². The molecule has 0 amide bonds. The molecule has 0 aliphatic heterocycles. The van der Waals surface area contributed by atoms with E-state index in [0.717, 1.165) is 5.56 Å². The Morgan fingerprint density at radius 1 is 1.42 bits per heavy atom. The highest BCUT2D eigenvalue weighted by Crippen LogP contribution is 2.22. The minimum absolute atomic E-state index is 0.0631. The number of hydrogen-bond acceptors (Lipinski definition) is 7. The molecule has 8 nitrogen and oxygen atoms in total. The molecule has 0 saturated heterocycles. The molecule has 0 atom stereocenters. The SMILES string of the molecule is COC(=O)CCN=Cc1nc(NCc2ccc(Cl)c(Cl)c2)[nH]c(=O)c1N. The van der Waals surface area contributed by atoms with E-state index in [-0.39, 0.29) is 36.3 Å². The van der Waals surface area contributed by atoms with E-state index in [0.29, 0.717) is 16.6 Å². The number of nitrogens with two attached hydrogens (primary N) is 1. The summed E-state index contributed by atoms with van der Waals surface area (Å²) in [7, 11) is 1.30. The zero-order valence-corrected chi connectivity index (χ0v) is 15.4. The van der Waals surface area contributed by atoms with Gasteiger partial charge in [-0.15, -0.1) is 0 Å². The number of rotatable bonds is 7. The van der Waals surface area contributed by atoms with E-state index < -0.39 is 5.56 Å². The fraction of sp³-hybridized carbons (Fsp3) is 0.250. The highest BCUT2D eigenvalue weighted by molar-refractivity contribution is 6.42. The van der Waals surface area contributed by atoms with Crippen molar-refractivity contribution >= 4 is 47.0 Å². The molecule has 0 fully saturated rings. The number of aliphatic imine (C=N–C) groups is 1. The molecule has 1 heterocycles. The van der Waals surface area contributed by atoms with Gasteiger partial charge >= 0.3 is 5.97 Å². The normalized spacial score (nSPS) is 10.9. The summed E-state index contributed by atoms with van der Waals surface area (Å²) in [5.41, 5.74) is 6.21. The molecule has 1 aromatic heterocycles. The molecular weight excluding hydrogens is 381 g/mol. The maximum atomic E-state index is 11.9. The van der Waals surface area contributed by atoms with Gasteiger partial charge in [0.15, 0.2) is 0 Å². The van der Waals surface area contributed by atoms with E-state index in [1.165, 1.54) is 13.3 Å². The third kappa shape index (κ3) is 5.47. The third-order valence-corrected chi connectivity index (χ3v) is 4.05. The Labute approximate surface area is 159 Å². The maximum absolute atomic E-state index is 11.9. The Bertz CT molecular complexity index is 883. The fourth-order valence-electron chi connectivity index (χ4n) is 1.93. The summed E-state index contributed by atoms with van der Waals surface area (Å²) in [6.07, 6.45) is 1.47. The second-order valence-electron chi connectivity index (χ2n) is 5.18. The number of nitrogens with zero attached hydrogens (tertiary/aromatic N) is 2. The number of aromatic amines is 1. The number of hydrogen-bond donors (Lipinski definition) is 3. The summed E-state index contributed by atoms with van der Waals surface area (Å²) in [6.45, 7) is 0.565. The summed E-state index contributed by atoms with van der Waals surface area (Å²) >= 11 is 11.8. The molecule has 2 rings (SSSR count). The predicted octanol–water partition coefficient (Wildman–Crippen LogP) is 2.25. The summed E-state index contributed by atoms with van der Waals surface area (Å²) in [5, 5.41) is 3.87. The van der Waals surface area contributed by atoms with Crippen molar-refractivity contribution in [2.45, 2.75) is 13.0 Å². The Balaban J connectivity index is 2.08. The second-order valence-corrected chi connectivity index (χ2v) is 5.99. The minimum Gasteiger partial charge on any atom is -0.469 e. The van der Waals surface area contributed by atoms with Crippen LogP contribution in [0.2, 0.25) is 10.0 Å². The van der Waals surface area contributed by atoms with Crippen molar-refractivity contribution in [2.24, 2.45) is 4.99 Å². The first-order valence-corrected chi connectivity index (χ1v) is 8.30. The fourth-order valence-corrected chi connectivity index (χ4v) is 2.25. The van der Waals surface area contributed by atoms with Crippen molar-refractivity contribution < 1.29 is 9.53 Å². The number of halogens is 2. The van der Waals surface area contributed by atoms with Crippen molar-refractivity contribution in [1.29, 1.82) is 0 Å². The number of carbonyl (C=O) groups excluding carboxylic acids is 1. The standard InChI is InChI=1S/C16H17Cl2N5O3/c1-26-13(24)4-5-20-8-12-14(19)15(25)23-16(22-12)21-7-9-2-3-10(17)11(18)6-9/h2-3,6,8H,4-5,7,19H2,1H3,(H2,21,22,23,25). The van der Waals surface area contributed by atoms with Crippen molar-refractivity contribution in [3.63, 3.8) is 0 Å². The van der Waals surface area contributed by atoms with Gasteiger partial charge in [0.05, 0.1) is 23.6 Å². The van der Waals surface area contributed by atoms with Gasteiger partial charge in [-0.05, 0) is 17.7 Å². The van der Waals surface area contributed by atoms with Crippen molar-refractivity contribution in [1.82, 2.24) is 9.97 Å². The highest BCUT2D eigenvalue weighted by Gasteiger charge is 2.07. The number of nitrogen functional groups attached to an aromatic ring is 1. The average Bonchev–Trinajstić information content (AvgIpc) is 2.62. The number of anilines is 2. The molecule has 0 aliphatic rings. The van der Waals surface area contributed by atoms with Gasteiger partial charge in [-0.1, -0.05) is 29.3 Å². The van der Waals surface area contributed by atoms with Crippen LogP contribution in [0.15, 0.2) is 28.0 Å². The molecule has 2 aromatic rings. The van der Waals surface area contributed by atoms with Gasteiger partial charge in [-0.3, -0.25) is 19.6 Å². The summed E-state index contributed by atoms with van der Waals surface area (Å²) in [4.78, 5) is 33.7. The van der Waals surface area contributed by atoms with Gasteiger partial charge in [0.2, 0.25) is 5.95 Å². The number of H-pyrrole nitrogens is 1. The number of nitrogens with one attached hydrogen (secondary N) is 2. The van der Waals surface area contributed by atoms with E-state index in [4.69, 9.17) is 28.9 Å². The lowest BCUT2D eigenvalue weighted by molar-refractivity contribution is -0.140. The lowest BCUT2D eigenvalue weighted by Gasteiger charge is -2.08. The molecule has 0 aliphatic carbocycles. The number of aromatic nitrogens is 2. The largest absolute Gasteiger partial charge is 0.469 e.